The molecule has 1 saturated heterocycles. The fourth-order valence-corrected chi connectivity index (χ4v) is 4.70. The van der Waals surface area contributed by atoms with E-state index in [0.717, 1.165) is 30.8 Å². The zero-order chi connectivity index (χ0) is 27.1. The number of pyridine rings is 1. The van der Waals surface area contributed by atoms with E-state index in [-0.39, 0.29) is 17.4 Å². The van der Waals surface area contributed by atoms with Crippen LogP contribution < -0.4 is 16.4 Å². The summed E-state index contributed by atoms with van der Waals surface area (Å²) in [5.74, 6) is 0.119. The molecule has 13 heteroatoms. The first-order valence-corrected chi connectivity index (χ1v) is 13.0. The number of aryl methyl sites for hydroxylation is 1. The molecule has 3 heterocycles. The zero-order valence-electron chi connectivity index (χ0n) is 20.7. The van der Waals surface area contributed by atoms with Crippen LogP contribution in [-0.2, 0) is 11.3 Å². The van der Waals surface area contributed by atoms with Crippen molar-refractivity contribution in [3.63, 3.8) is 0 Å². The molecule has 38 heavy (non-hydrogen) atoms. The van der Waals surface area contributed by atoms with E-state index in [1.165, 1.54) is 12.1 Å². The van der Waals surface area contributed by atoms with Crippen molar-refractivity contribution in [2.45, 2.75) is 13.0 Å². The highest BCUT2D eigenvalue weighted by Crippen LogP contribution is 2.32. The van der Waals surface area contributed by atoms with Crippen molar-refractivity contribution in [2.75, 3.05) is 57.0 Å². The first-order valence-electron chi connectivity index (χ1n) is 12.2. The number of ether oxygens (including phenoxy) is 1. The Bertz CT molecular complexity index is 1290. The monoisotopic (exact) mass is 561 g/mol. The molecule has 4 rings (SSSR count). The van der Waals surface area contributed by atoms with Crippen molar-refractivity contribution >= 4 is 46.4 Å². The smallest absolute Gasteiger partial charge is 0.311 e. The summed E-state index contributed by atoms with van der Waals surface area (Å²) in [6, 6.07) is 9.91. The highest BCUT2D eigenvalue weighted by atomic mass is 35.5. The number of nitrogens with one attached hydrogen (secondary N) is 2. The van der Waals surface area contributed by atoms with Crippen LogP contribution in [0.4, 0.5) is 17.3 Å². The molecule has 0 saturated carbocycles. The molecule has 1 amide bonds. The summed E-state index contributed by atoms with van der Waals surface area (Å²) in [6.07, 6.45) is 2.54. The minimum atomic E-state index is -0.573. The van der Waals surface area contributed by atoms with Gasteiger partial charge in [0.25, 0.3) is 5.91 Å². The number of aromatic nitrogens is 2. The van der Waals surface area contributed by atoms with Gasteiger partial charge in [0.1, 0.15) is 11.5 Å². The standard InChI is InChI=1S/C25H29Cl2N7O4/c26-18-2-3-19(20(27)15-18)17-14-22(25(35)30-7-9-32-10-12-38-13-11-32)33(16-17)8-1-6-29-23-5-4-21(34(36)37)24(28)31-23/h2-5,14-16H,1,6-13H2,(H,30,35)(H3,28,29,31). The lowest BCUT2D eigenvalue weighted by atomic mass is 10.1. The zero-order valence-corrected chi connectivity index (χ0v) is 22.2. The van der Waals surface area contributed by atoms with E-state index in [2.05, 4.69) is 20.5 Å². The van der Waals surface area contributed by atoms with E-state index < -0.39 is 4.92 Å². The third kappa shape index (κ3) is 7.13. The normalized spacial score (nSPS) is 13.8. The molecular weight excluding hydrogens is 533 g/mol. The molecule has 3 aromatic rings. The first-order chi connectivity index (χ1) is 18.3. The Balaban J connectivity index is 1.42. The van der Waals surface area contributed by atoms with Gasteiger partial charge in [-0.1, -0.05) is 29.3 Å². The van der Waals surface area contributed by atoms with Crippen molar-refractivity contribution in [3.8, 4) is 11.1 Å². The van der Waals surface area contributed by atoms with Crippen LogP contribution in [0.25, 0.3) is 11.1 Å². The van der Waals surface area contributed by atoms with Gasteiger partial charge in [0.15, 0.2) is 0 Å². The molecule has 0 bridgehead atoms. The van der Waals surface area contributed by atoms with E-state index in [1.807, 2.05) is 22.9 Å². The minimum absolute atomic E-state index is 0.147. The molecule has 0 unspecified atom stereocenters. The summed E-state index contributed by atoms with van der Waals surface area (Å²) in [5.41, 5.74) is 7.54. The predicted octanol–water partition coefficient (Wildman–Crippen LogP) is 3.91. The average molecular weight is 562 g/mol. The van der Waals surface area contributed by atoms with Crippen LogP contribution in [0.5, 0.6) is 0 Å². The Hall–Kier alpha value is -3.38. The van der Waals surface area contributed by atoms with Gasteiger partial charge in [-0.15, -0.1) is 0 Å². The maximum atomic E-state index is 13.1. The number of hydrogen-bond donors (Lipinski definition) is 3. The predicted molar refractivity (Wildman–Crippen MR) is 148 cm³/mol. The van der Waals surface area contributed by atoms with Gasteiger partial charge in [-0.05, 0) is 30.7 Å². The van der Waals surface area contributed by atoms with Crippen molar-refractivity contribution in [1.82, 2.24) is 19.8 Å². The quantitative estimate of drug-likeness (QED) is 0.182. The lowest BCUT2D eigenvalue weighted by Crippen LogP contribution is -2.41. The Labute approximate surface area is 230 Å². The van der Waals surface area contributed by atoms with Gasteiger partial charge >= 0.3 is 5.69 Å². The number of nitrogens with two attached hydrogens (primary N) is 1. The summed E-state index contributed by atoms with van der Waals surface area (Å²) >= 11 is 12.5. The molecule has 0 aliphatic carbocycles. The second-order valence-corrected chi connectivity index (χ2v) is 9.62. The number of carbonyl (C=O) groups is 1. The summed E-state index contributed by atoms with van der Waals surface area (Å²) < 4.78 is 7.27. The van der Waals surface area contributed by atoms with E-state index in [0.29, 0.717) is 60.8 Å². The largest absolute Gasteiger partial charge is 0.379 e. The number of benzene rings is 1. The summed E-state index contributed by atoms with van der Waals surface area (Å²) in [4.78, 5) is 29.8. The summed E-state index contributed by atoms with van der Waals surface area (Å²) in [7, 11) is 0. The third-order valence-electron chi connectivity index (χ3n) is 6.17. The maximum absolute atomic E-state index is 13.1. The van der Waals surface area contributed by atoms with Crippen molar-refractivity contribution < 1.29 is 14.5 Å². The van der Waals surface area contributed by atoms with Gasteiger partial charge in [-0.3, -0.25) is 19.8 Å². The molecule has 0 radical (unpaired) electrons. The van der Waals surface area contributed by atoms with E-state index in [9.17, 15) is 14.9 Å². The van der Waals surface area contributed by atoms with Crippen molar-refractivity contribution in [3.05, 3.63) is 68.4 Å². The fraction of sp³-hybridized carbons (Fsp3) is 0.360. The Morgan fingerprint density at radius 1 is 1.13 bits per heavy atom. The van der Waals surface area contributed by atoms with Gasteiger partial charge in [-0.2, -0.15) is 0 Å². The second kappa shape index (κ2) is 12.9. The molecule has 4 N–H and O–H groups in total. The van der Waals surface area contributed by atoms with E-state index >= 15 is 0 Å². The Morgan fingerprint density at radius 3 is 2.63 bits per heavy atom. The van der Waals surface area contributed by atoms with E-state index in [4.69, 9.17) is 33.7 Å². The number of nitrogens with zero attached hydrogens (tertiary/aromatic N) is 4. The highest BCUT2D eigenvalue weighted by molar-refractivity contribution is 6.36. The summed E-state index contributed by atoms with van der Waals surface area (Å²) in [5, 5.41) is 18.1. The van der Waals surface area contributed by atoms with Gasteiger partial charge < -0.3 is 25.7 Å². The highest BCUT2D eigenvalue weighted by Gasteiger charge is 2.17. The van der Waals surface area contributed by atoms with Crippen LogP contribution in [-0.4, -0.2) is 71.2 Å². The molecule has 202 valence electrons. The Kier molecular flexibility index (Phi) is 9.40. The SMILES string of the molecule is Nc1nc(NCCCn2cc(-c3ccc(Cl)cc3Cl)cc2C(=O)NCCN2CCOCC2)ccc1[N+](=O)[O-]. The molecule has 0 atom stereocenters. The number of halogens is 2. The lowest BCUT2D eigenvalue weighted by molar-refractivity contribution is -0.384. The average Bonchev–Trinajstić information content (AvgIpc) is 3.31. The molecule has 0 spiro atoms. The summed E-state index contributed by atoms with van der Waals surface area (Å²) in [6.45, 7) is 5.44. The third-order valence-corrected chi connectivity index (χ3v) is 6.72. The second-order valence-electron chi connectivity index (χ2n) is 8.78. The number of amides is 1. The first kappa shape index (κ1) is 27.6. The van der Waals surface area contributed by atoms with E-state index in [1.54, 1.807) is 12.1 Å². The van der Waals surface area contributed by atoms with Gasteiger partial charge in [-0.25, -0.2) is 4.98 Å². The molecule has 1 fully saturated rings. The van der Waals surface area contributed by atoms with Gasteiger partial charge in [0.05, 0.1) is 18.1 Å². The lowest BCUT2D eigenvalue weighted by Gasteiger charge is -2.26. The molecule has 1 aliphatic heterocycles. The number of morpholine rings is 1. The fourth-order valence-electron chi connectivity index (χ4n) is 4.19. The number of nitrogen functional groups attached to an aromatic ring is 1. The molecule has 2 aromatic heterocycles. The van der Waals surface area contributed by atoms with Crippen LogP contribution in [0.1, 0.15) is 16.9 Å². The van der Waals surface area contributed by atoms with Crippen molar-refractivity contribution in [2.24, 2.45) is 0 Å². The molecule has 1 aliphatic rings. The minimum Gasteiger partial charge on any atom is -0.379 e. The number of hydrogen-bond acceptors (Lipinski definition) is 8. The Morgan fingerprint density at radius 2 is 1.92 bits per heavy atom. The van der Waals surface area contributed by atoms with Crippen LogP contribution >= 0.6 is 23.2 Å². The van der Waals surface area contributed by atoms with Crippen LogP contribution in [0.15, 0.2) is 42.6 Å². The number of rotatable bonds is 11. The maximum Gasteiger partial charge on any atom is 0.311 e. The number of nitro groups is 1. The number of carbonyl (C=O) groups excluding carboxylic acids is 1. The van der Waals surface area contributed by atoms with Crippen LogP contribution in [0.2, 0.25) is 10.0 Å². The van der Waals surface area contributed by atoms with Gasteiger partial charge in [0.2, 0.25) is 5.82 Å². The van der Waals surface area contributed by atoms with Crippen LogP contribution in [0.3, 0.4) is 0 Å². The molecular formula is C25H29Cl2N7O4. The number of anilines is 2. The molecule has 1 aromatic carbocycles. The van der Waals surface area contributed by atoms with Crippen molar-refractivity contribution in [1.29, 1.82) is 0 Å². The van der Waals surface area contributed by atoms with Gasteiger partial charge in [0, 0.05) is 72.7 Å². The van der Waals surface area contributed by atoms with Crippen LogP contribution in [0, 0.1) is 10.1 Å². The molecule has 11 nitrogen and oxygen atoms in total. The topological polar surface area (TPSA) is 141 Å².